The Bertz CT molecular complexity index is 394. The van der Waals surface area contributed by atoms with Gasteiger partial charge in [0.1, 0.15) is 5.75 Å². The van der Waals surface area contributed by atoms with E-state index >= 15 is 0 Å². The van der Waals surface area contributed by atoms with Gasteiger partial charge < -0.3 is 20.1 Å². The summed E-state index contributed by atoms with van der Waals surface area (Å²) in [6.07, 6.45) is 0. The largest absolute Gasteiger partial charge is 0.496 e. The number of nitrogens with zero attached hydrogens (tertiary/aromatic N) is 1. The van der Waals surface area contributed by atoms with E-state index in [1.54, 1.807) is 14.2 Å². The van der Waals surface area contributed by atoms with Crippen molar-refractivity contribution in [3.63, 3.8) is 0 Å². The fourth-order valence-electron chi connectivity index (χ4n) is 1.61. The van der Waals surface area contributed by atoms with Gasteiger partial charge in [0.25, 0.3) is 0 Å². The minimum absolute atomic E-state index is 0.576. The smallest absolute Gasteiger partial charge is 0.191 e. The van der Waals surface area contributed by atoms with E-state index in [4.69, 9.17) is 9.47 Å². The first-order chi connectivity index (χ1) is 9.31. The number of hydrogen-bond donors (Lipinski definition) is 2. The first-order valence-electron chi connectivity index (χ1n) is 6.44. The average molecular weight is 265 g/mol. The number of para-hydroxylation sites is 1. The first-order valence-corrected chi connectivity index (χ1v) is 6.44. The molecular weight excluding hydrogens is 242 g/mol. The lowest BCUT2D eigenvalue weighted by atomic mass is 10.2. The van der Waals surface area contributed by atoms with E-state index < -0.39 is 0 Å². The van der Waals surface area contributed by atoms with Gasteiger partial charge in [-0.05, 0) is 13.0 Å². The molecule has 0 saturated heterocycles. The predicted molar refractivity (Wildman–Crippen MR) is 77.7 cm³/mol. The second-order valence-electron chi connectivity index (χ2n) is 3.93. The Morgan fingerprint density at radius 3 is 2.68 bits per heavy atom. The van der Waals surface area contributed by atoms with Crippen molar-refractivity contribution in [1.29, 1.82) is 0 Å². The number of ether oxygens (including phenoxy) is 2. The number of nitrogens with one attached hydrogen (secondary N) is 2. The maximum absolute atomic E-state index is 5.31. The van der Waals surface area contributed by atoms with Gasteiger partial charge in [-0.1, -0.05) is 18.2 Å². The Kier molecular flexibility index (Phi) is 7.43. The molecule has 1 aromatic carbocycles. The fourth-order valence-corrected chi connectivity index (χ4v) is 1.61. The molecule has 0 saturated carbocycles. The zero-order valence-electron chi connectivity index (χ0n) is 11.9. The number of benzene rings is 1. The lowest BCUT2D eigenvalue weighted by molar-refractivity contribution is 0.203. The molecule has 1 rings (SSSR count). The van der Waals surface area contributed by atoms with Gasteiger partial charge in [0, 0.05) is 25.8 Å². The van der Waals surface area contributed by atoms with Gasteiger partial charge in [-0.15, -0.1) is 0 Å². The molecule has 2 N–H and O–H groups in total. The molecule has 5 nitrogen and oxygen atoms in total. The molecule has 0 radical (unpaired) electrons. The van der Waals surface area contributed by atoms with Crippen molar-refractivity contribution in [2.75, 3.05) is 33.9 Å². The molecule has 0 unspecified atom stereocenters. The van der Waals surface area contributed by atoms with Gasteiger partial charge in [0.15, 0.2) is 5.96 Å². The van der Waals surface area contributed by atoms with Crippen LogP contribution in [-0.2, 0) is 11.3 Å². The van der Waals surface area contributed by atoms with E-state index in [1.807, 2.05) is 31.2 Å². The van der Waals surface area contributed by atoms with Crippen LogP contribution in [0.3, 0.4) is 0 Å². The Hall–Kier alpha value is -1.75. The molecule has 0 aliphatic rings. The summed E-state index contributed by atoms with van der Waals surface area (Å²) in [5, 5.41) is 6.39. The Balaban J connectivity index is 2.62. The SMILES string of the molecule is CCNC(=NCc1ccccc1OC)NCCOC. The van der Waals surface area contributed by atoms with Gasteiger partial charge >= 0.3 is 0 Å². The van der Waals surface area contributed by atoms with Gasteiger partial charge in [-0.3, -0.25) is 0 Å². The topological polar surface area (TPSA) is 54.9 Å². The molecule has 0 aromatic heterocycles. The van der Waals surface area contributed by atoms with Crippen LogP contribution in [0, 0.1) is 0 Å². The molecule has 5 heteroatoms. The van der Waals surface area contributed by atoms with Crippen LogP contribution < -0.4 is 15.4 Å². The van der Waals surface area contributed by atoms with Crippen molar-refractivity contribution in [2.45, 2.75) is 13.5 Å². The maximum atomic E-state index is 5.31. The summed E-state index contributed by atoms with van der Waals surface area (Å²) < 4.78 is 10.3. The van der Waals surface area contributed by atoms with Crippen LogP contribution >= 0.6 is 0 Å². The zero-order chi connectivity index (χ0) is 13.9. The van der Waals surface area contributed by atoms with Crippen molar-refractivity contribution in [1.82, 2.24) is 10.6 Å². The molecule has 0 amide bonds. The number of guanidine groups is 1. The van der Waals surface area contributed by atoms with Gasteiger partial charge in [0.2, 0.25) is 0 Å². The normalized spacial score (nSPS) is 11.2. The van der Waals surface area contributed by atoms with Crippen molar-refractivity contribution in [3.05, 3.63) is 29.8 Å². The summed E-state index contributed by atoms with van der Waals surface area (Å²) in [6, 6.07) is 7.89. The summed E-state index contributed by atoms with van der Waals surface area (Å²) >= 11 is 0. The quantitative estimate of drug-likeness (QED) is 0.444. The first kappa shape index (κ1) is 15.3. The maximum Gasteiger partial charge on any atom is 0.191 e. The van der Waals surface area contributed by atoms with E-state index in [0.717, 1.165) is 30.4 Å². The second kappa shape index (κ2) is 9.22. The highest BCUT2D eigenvalue weighted by atomic mass is 16.5. The van der Waals surface area contributed by atoms with Crippen LogP contribution in [0.1, 0.15) is 12.5 Å². The summed E-state index contributed by atoms with van der Waals surface area (Å²) in [4.78, 5) is 4.52. The Labute approximate surface area is 115 Å². The number of hydrogen-bond acceptors (Lipinski definition) is 3. The van der Waals surface area contributed by atoms with Crippen molar-refractivity contribution < 1.29 is 9.47 Å². The third-order valence-electron chi connectivity index (χ3n) is 2.54. The third-order valence-corrected chi connectivity index (χ3v) is 2.54. The molecule has 0 heterocycles. The monoisotopic (exact) mass is 265 g/mol. The molecule has 0 fully saturated rings. The van der Waals surface area contributed by atoms with E-state index in [9.17, 15) is 0 Å². The number of aliphatic imine (C=N–C) groups is 1. The highest BCUT2D eigenvalue weighted by Gasteiger charge is 2.01. The van der Waals surface area contributed by atoms with E-state index in [1.165, 1.54) is 0 Å². The van der Waals surface area contributed by atoms with Crippen LogP contribution in [0.2, 0.25) is 0 Å². The Morgan fingerprint density at radius 2 is 2.00 bits per heavy atom. The van der Waals surface area contributed by atoms with Gasteiger partial charge in [-0.25, -0.2) is 4.99 Å². The molecule has 106 valence electrons. The van der Waals surface area contributed by atoms with Crippen LogP contribution in [-0.4, -0.2) is 39.9 Å². The second-order valence-corrected chi connectivity index (χ2v) is 3.93. The summed E-state index contributed by atoms with van der Waals surface area (Å²) in [6.45, 7) is 4.82. The summed E-state index contributed by atoms with van der Waals surface area (Å²) in [7, 11) is 3.35. The Morgan fingerprint density at radius 1 is 1.21 bits per heavy atom. The molecule has 19 heavy (non-hydrogen) atoms. The molecule has 0 aliphatic heterocycles. The standard InChI is InChI=1S/C14H23N3O2/c1-4-15-14(16-9-10-18-2)17-11-12-7-5-6-8-13(12)19-3/h5-8H,4,9-11H2,1-3H3,(H2,15,16,17). The fraction of sp³-hybridized carbons (Fsp3) is 0.500. The minimum Gasteiger partial charge on any atom is -0.496 e. The minimum atomic E-state index is 0.576. The highest BCUT2D eigenvalue weighted by molar-refractivity contribution is 5.79. The molecule has 0 spiro atoms. The summed E-state index contributed by atoms with van der Waals surface area (Å²) in [5.41, 5.74) is 1.06. The van der Waals surface area contributed by atoms with E-state index in [0.29, 0.717) is 13.2 Å². The third kappa shape index (κ3) is 5.61. The van der Waals surface area contributed by atoms with Crippen LogP contribution in [0.15, 0.2) is 29.3 Å². The molecule has 0 aliphatic carbocycles. The lowest BCUT2D eigenvalue weighted by Gasteiger charge is -2.11. The van der Waals surface area contributed by atoms with Crippen molar-refractivity contribution in [2.24, 2.45) is 4.99 Å². The highest BCUT2D eigenvalue weighted by Crippen LogP contribution is 2.17. The van der Waals surface area contributed by atoms with Crippen molar-refractivity contribution in [3.8, 4) is 5.75 Å². The molecule has 0 bridgehead atoms. The average Bonchev–Trinajstić information content (AvgIpc) is 2.45. The van der Waals surface area contributed by atoms with Gasteiger partial charge in [-0.2, -0.15) is 0 Å². The number of methoxy groups -OCH3 is 2. The molecule has 1 aromatic rings. The molecular formula is C14H23N3O2. The van der Waals surface area contributed by atoms with Crippen LogP contribution in [0.5, 0.6) is 5.75 Å². The van der Waals surface area contributed by atoms with Crippen molar-refractivity contribution >= 4 is 5.96 Å². The number of rotatable bonds is 7. The van der Waals surface area contributed by atoms with E-state index in [-0.39, 0.29) is 0 Å². The zero-order valence-corrected chi connectivity index (χ0v) is 11.9. The summed E-state index contributed by atoms with van der Waals surface area (Å²) in [5.74, 6) is 1.64. The lowest BCUT2D eigenvalue weighted by Crippen LogP contribution is -2.38. The van der Waals surface area contributed by atoms with Gasteiger partial charge in [0.05, 0.1) is 20.3 Å². The molecule has 0 atom stereocenters. The van der Waals surface area contributed by atoms with E-state index in [2.05, 4.69) is 15.6 Å². The van der Waals surface area contributed by atoms with Crippen LogP contribution in [0.4, 0.5) is 0 Å². The van der Waals surface area contributed by atoms with Crippen LogP contribution in [0.25, 0.3) is 0 Å². The predicted octanol–water partition coefficient (Wildman–Crippen LogP) is 1.40.